The van der Waals surface area contributed by atoms with Gasteiger partial charge >= 0.3 is 6.03 Å². The number of urea groups is 1. The van der Waals surface area contributed by atoms with Gasteiger partial charge < -0.3 is 14.4 Å². The van der Waals surface area contributed by atoms with Crippen molar-refractivity contribution in [1.29, 1.82) is 0 Å². The van der Waals surface area contributed by atoms with Gasteiger partial charge in [-0.05, 0) is 32.8 Å². The van der Waals surface area contributed by atoms with Gasteiger partial charge in [0.05, 0.1) is 6.61 Å². The van der Waals surface area contributed by atoms with Crippen molar-refractivity contribution >= 4 is 11.9 Å². The van der Waals surface area contributed by atoms with Crippen molar-refractivity contribution in [3.05, 3.63) is 42.5 Å². The van der Waals surface area contributed by atoms with Crippen molar-refractivity contribution < 1.29 is 19.1 Å². The fraction of sp³-hybridized carbons (Fsp3) is 0.565. The standard InChI is InChI=1S/C23H33N3O4/c1-5-15-30-20-9-7-6-8-19(20)17-24-12-10-23(11-13-24)21(27)26(18(2)3)22(28)25(23)14-16-29-4/h5-9,18H,1,10-17H2,2-4H3. The summed E-state index contributed by atoms with van der Waals surface area (Å²) in [6.07, 6.45) is 2.99. The van der Waals surface area contributed by atoms with Crippen LogP contribution in [0.5, 0.6) is 5.75 Å². The number of hydrogen-bond donors (Lipinski definition) is 0. The lowest BCUT2D eigenvalue weighted by Gasteiger charge is -2.42. The molecule has 7 heteroatoms. The number of piperidine rings is 1. The van der Waals surface area contributed by atoms with E-state index < -0.39 is 5.54 Å². The lowest BCUT2D eigenvalue weighted by molar-refractivity contribution is -0.136. The Morgan fingerprint density at radius 3 is 2.53 bits per heavy atom. The molecular formula is C23H33N3O4. The summed E-state index contributed by atoms with van der Waals surface area (Å²) in [6.45, 7) is 11.0. The molecule has 1 aromatic carbocycles. The molecular weight excluding hydrogens is 382 g/mol. The van der Waals surface area contributed by atoms with Gasteiger partial charge in [0.15, 0.2) is 0 Å². The molecule has 0 unspecified atom stereocenters. The Morgan fingerprint density at radius 2 is 1.90 bits per heavy atom. The summed E-state index contributed by atoms with van der Waals surface area (Å²) in [4.78, 5) is 31.8. The molecule has 2 aliphatic rings. The van der Waals surface area contributed by atoms with E-state index in [2.05, 4.69) is 17.5 Å². The van der Waals surface area contributed by atoms with Gasteiger partial charge in [-0.25, -0.2) is 4.79 Å². The fourth-order valence-corrected chi connectivity index (χ4v) is 4.42. The predicted octanol–water partition coefficient (Wildman–Crippen LogP) is 2.91. The first-order chi connectivity index (χ1) is 14.4. The summed E-state index contributed by atoms with van der Waals surface area (Å²) in [5, 5.41) is 0. The van der Waals surface area contributed by atoms with Gasteiger partial charge in [0.2, 0.25) is 0 Å². The van der Waals surface area contributed by atoms with Gasteiger partial charge in [0, 0.05) is 44.9 Å². The number of rotatable bonds is 9. The summed E-state index contributed by atoms with van der Waals surface area (Å²) < 4.78 is 11.0. The van der Waals surface area contributed by atoms with Crippen LogP contribution in [0.3, 0.4) is 0 Å². The second kappa shape index (κ2) is 9.62. The molecule has 1 aromatic rings. The van der Waals surface area contributed by atoms with Crippen LogP contribution in [0.1, 0.15) is 32.3 Å². The Hall–Kier alpha value is -2.38. The molecule has 2 saturated heterocycles. The Labute approximate surface area is 179 Å². The first-order valence-corrected chi connectivity index (χ1v) is 10.6. The van der Waals surface area contributed by atoms with Crippen LogP contribution in [-0.4, -0.2) is 78.2 Å². The molecule has 164 valence electrons. The van der Waals surface area contributed by atoms with E-state index in [0.29, 0.717) is 32.6 Å². The molecule has 0 aliphatic carbocycles. The topological polar surface area (TPSA) is 62.3 Å². The van der Waals surface area contributed by atoms with Gasteiger partial charge in [-0.1, -0.05) is 30.9 Å². The first kappa shape index (κ1) is 22.3. The summed E-state index contributed by atoms with van der Waals surface area (Å²) in [5.74, 6) is 0.797. The highest BCUT2D eigenvalue weighted by Gasteiger charge is 2.58. The molecule has 3 amide bonds. The highest BCUT2D eigenvalue weighted by atomic mass is 16.5. The van der Waals surface area contributed by atoms with E-state index in [1.165, 1.54) is 4.90 Å². The van der Waals surface area contributed by atoms with Crippen LogP contribution in [0.4, 0.5) is 4.79 Å². The van der Waals surface area contributed by atoms with Gasteiger partial charge in [-0.3, -0.25) is 14.6 Å². The van der Waals surface area contributed by atoms with Crippen LogP contribution in [0, 0.1) is 0 Å². The van der Waals surface area contributed by atoms with Crippen molar-refractivity contribution in [3.8, 4) is 5.75 Å². The first-order valence-electron chi connectivity index (χ1n) is 10.6. The third-order valence-corrected chi connectivity index (χ3v) is 6.01. The number of methoxy groups -OCH3 is 1. The minimum absolute atomic E-state index is 0.0621. The van der Waals surface area contributed by atoms with Crippen LogP contribution in [-0.2, 0) is 16.1 Å². The minimum atomic E-state index is -0.755. The number of carbonyl (C=O) groups is 2. The Balaban J connectivity index is 1.73. The van der Waals surface area contributed by atoms with Crippen molar-refractivity contribution in [2.24, 2.45) is 0 Å². The molecule has 2 heterocycles. The number of ether oxygens (including phenoxy) is 2. The summed E-state index contributed by atoms with van der Waals surface area (Å²) in [5.41, 5.74) is 0.360. The van der Waals surface area contributed by atoms with E-state index in [1.54, 1.807) is 18.1 Å². The smallest absolute Gasteiger partial charge is 0.327 e. The van der Waals surface area contributed by atoms with Gasteiger partial charge in [-0.15, -0.1) is 0 Å². The Morgan fingerprint density at radius 1 is 1.20 bits per heavy atom. The molecule has 0 radical (unpaired) electrons. The van der Waals surface area contributed by atoms with Crippen LogP contribution >= 0.6 is 0 Å². The average molecular weight is 416 g/mol. The van der Waals surface area contributed by atoms with E-state index in [9.17, 15) is 9.59 Å². The van der Waals surface area contributed by atoms with Crippen molar-refractivity contribution in [2.45, 2.75) is 44.8 Å². The maximum atomic E-state index is 13.3. The van der Waals surface area contributed by atoms with E-state index in [0.717, 1.165) is 30.9 Å². The van der Waals surface area contributed by atoms with E-state index in [-0.39, 0.29) is 18.0 Å². The van der Waals surface area contributed by atoms with Gasteiger partial charge in [0.1, 0.15) is 17.9 Å². The number of hydrogen-bond acceptors (Lipinski definition) is 5. The number of nitrogens with zero attached hydrogens (tertiary/aromatic N) is 3. The lowest BCUT2D eigenvalue weighted by atomic mass is 9.85. The molecule has 0 N–H and O–H groups in total. The molecule has 0 atom stereocenters. The quantitative estimate of drug-likeness (QED) is 0.458. The number of amides is 3. The number of imide groups is 1. The monoisotopic (exact) mass is 415 g/mol. The van der Waals surface area contributed by atoms with Crippen molar-refractivity contribution in [3.63, 3.8) is 0 Å². The third-order valence-electron chi connectivity index (χ3n) is 6.01. The lowest BCUT2D eigenvalue weighted by Crippen LogP contribution is -2.57. The highest BCUT2D eigenvalue weighted by Crippen LogP contribution is 2.38. The van der Waals surface area contributed by atoms with Gasteiger partial charge in [-0.2, -0.15) is 0 Å². The maximum Gasteiger partial charge on any atom is 0.327 e. The molecule has 0 saturated carbocycles. The zero-order chi connectivity index (χ0) is 21.7. The molecule has 0 bridgehead atoms. The predicted molar refractivity (Wildman–Crippen MR) is 115 cm³/mol. The fourth-order valence-electron chi connectivity index (χ4n) is 4.42. The number of para-hydroxylation sites is 1. The molecule has 3 rings (SSSR count). The van der Waals surface area contributed by atoms with Crippen molar-refractivity contribution in [1.82, 2.24) is 14.7 Å². The average Bonchev–Trinajstić information content (AvgIpc) is 2.93. The summed E-state index contributed by atoms with van der Waals surface area (Å²) in [7, 11) is 1.61. The molecule has 2 aliphatic heterocycles. The Bertz CT molecular complexity index is 771. The third kappa shape index (κ3) is 4.23. The zero-order valence-electron chi connectivity index (χ0n) is 18.3. The highest BCUT2D eigenvalue weighted by molar-refractivity contribution is 6.07. The molecule has 1 spiro atoms. The van der Waals surface area contributed by atoms with Gasteiger partial charge in [0.25, 0.3) is 5.91 Å². The number of benzene rings is 1. The molecule has 2 fully saturated rings. The summed E-state index contributed by atoms with van der Waals surface area (Å²) in [6, 6.07) is 7.66. The number of likely N-dealkylation sites (tertiary alicyclic amines) is 1. The SMILES string of the molecule is C=CCOc1ccccc1CN1CCC2(CC1)C(=O)N(C(C)C)C(=O)N2CCOC. The van der Waals surface area contributed by atoms with Crippen LogP contribution in [0.25, 0.3) is 0 Å². The van der Waals surface area contributed by atoms with Crippen LogP contribution in [0.15, 0.2) is 36.9 Å². The van der Waals surface area contributed by atoms with Crippen molar-refractivity contribution in [2.75, 3.05) is 40.0 Å². The normalized spacial score (nSPS) is 19.2. The summed E-state index contributed by atoms with van der Waals surface area (Å²) >= 11 is 0. The van der Waals surface area contributed by atoms with E-state index >= 15 is 0 Å². The zero-order valence-corrected chi connectivity index (χ0v) is 18.3. The molecule has 7 nitrogen and oxygen atoms in total. The van der Waals surface area contributed by atoms with E-state index in [4.69, 9.17) is 9.47 Å². The molecule has 0 aromatic heterocycles. The molecule has 30 heavy (non-hydrogen) atoms. The van der Waals surface area contributed by atoms with Crippen LogP contribution in [0.2, 0.25) is 0 Å². The second-order valence-electron chi connectivity index (χ2n) is 8.21. The maximum absolute atomic E-state index is 13.3. The Kier molecular flexibility index (Phi) is 7.15. The van der Waals surface area contributed by atoms with E-state index in [1.807, 2.05) is 32.0 Å². The second-order valence-corrected chi connectivity index (χ2v) is 8.21. The van der Waals surface area contributed by atoms with Crippen LogP contribution < -0.4 is 4.74 Å². The largest absolute Gasteiger partial charge is 0.489 e. The minimum Gasteiger partial charge on any atom is -0.489 e. The number of carbonyl (C=O) groups excluding carboxylic acids is 2.